The van der Waals surface area contributed by atoms with Crippen LogP contribution in [0.25, 0.3) is 11.1 Å². The molecule has 1 atom stereocenters. The number of carbonyl (C=O) groups excluding carboxylic acids is 1. The summed E-state index contributed by atoms with van der Waals surface area (Å²) in [4.78, 5) is 14.5. The Labute approximate surface area is 262 Å². The minimum Gasteiger partial charge on any atom is -0.469 e. The Morgan fingerprint density at radius 3 is 1.70 bits per heavy atom. The number of nitrogens with zero attached hydrogens (tertiary/aromatic N) is 1. The molecule has 0 amide bonds. The van der Waals surface area contributed by atoms with E-state index in [-0.39, 0.29) is 36.6 Å². The molecule has 252 valence electrons. The Morgan fingerprint density at radius 1 is 0.696 bits per heavy atom. The smallest absolute Gasteiger partial charge is 0.416 e. The molecule has 0 radical (unpaired) electrons. The van der Waals surface area contributed by atoms with Crippen molar-refractivity contribution in [2.75, 3.05) is 18.6 Å². The van der Waals surface area contributed by atoms with Crippen molar-refractivity contribution in [2.24, 2.45) is 11.8 Å². The summed E-state index contributed by atoms with van der Waals surface area (Å²) in [5.74, 6) is -1.23. The molecular weight excluding hydrogens is 625 g/mol. The Morgan fingerprint density at radius 2 is 1.24 bits per heavy atom. The molecule has 0 aliphatic carbocycles. The molecule has 3 rings (SSSR count). The monoisotopic (exact) mass is 661 g/mol. The maximum atomic E-state index is 13.7. The van der Waals surface area contributed by atoms with Gasteiger partial charge in [0.1, 0.15) is 0 Å². The third kappa shape index (κ3) is 9.90. The van der Waals surface area contributed by atoms with Crippen molar-refractivity contribution in [3.05, 3.63) is 88.5 Å². The predicted octanol–water partition coefficient (Wildman–Crippen LogP) is 10.8. The zero-order valence-electron chi connectivity index (χ0n) is 26.0. The summed E-state index contributed by atoms with van der Waals surface area (Å²) in [5.41, 5.74) is -2.40. The summed E-state index contributed by atoms with van der Waals surface area (Å²) in [5, 5.41) is 0. The van der Waals surface area contributed by atoms with E-state index in [1.165, 1.54) is 19.2 Å². The zero-order valence-corrected chi connectivity index (χ0v) is 26.0. The quantitative estimate of drug-likeness (QED) is 0.151. The number of halogens is 9. The number of carbonyl (C=O) groups is 1. The maximum absolute atomic E-state index is 13.7. The van der Waals surface area contributed by atoms with Gasteiger partial charge in [-0.1, -0.05) is 45.9 Å². The highest BCUT2D eigenvalue weighted by Crippen LogP contribution is 2.39. The number of hydrogen-bond acceptors (Lipinski definition) is 3. The number of benzene rings is 3. The van der Waals surface area contributed by atoms with E-state index in [0.717, 1.165) is 12.1 Å². The highest BCUT2D eigenvalue weighted by molar-refractivity contribution is 5.80. The number of methoxy groups -OCH3 is 1. The fraction of sp³-hybridized carbons (Fsp3) is 0.441. The van der Waals surface area contributed by atoms with E-state index < -0.39 is 47.1 Å². The molecule has 46 heavy (non-hydrogen) atoms. The first-order chi connectivity index (χ1) is 21.2. The van der Waals surface area contributed by atoms with Crippen LogP contribution in [-0.2, 0) is 34.6 Å². The van der Waals surface area contributed by atoms with Gasteiger partial charge in [-0.25, -0.2) is 0 Å². The normalized spacial score (nSPS) is 13.3. The van der Waals surface area contributed by atoms with Crippen LogP contribution in [0.1, 0.15) is 74.3 Å². The number of ether oxygens (including phenoxy) is 1. The first-order valence-electron chi connectivity index (χ1n) is 14.6. The molecule has 0 saturated heterocycles. The van der Waals surface area contributed by atoms with E-state index in [2.05, 4.69) is 0 Å². The minimum atomic E-state index is -5.03. The Kier molecular flexibility index (Phi) is 11.5. The average molecular weight is 662 g/mol. The third-order valence-electron chi connectivity index (χ3n) is 7.44. The van der Waals surface area contributed by atoms with E-state index in [9.17, 15) is 44.3 Å². The Balaban J connectivity index is 2.26. The van der Waals surface area contributed by atoms with Crippen LogP contribution in [0.5, 0.6) is 0 Å². The molecule has 0 aliphatic rings. The second kappa shape index (κ2) is 14.4. The third-order valence-corrected chi connectivity index (χ3v) is 7.44. The second-order valence-electron chi connectivity index (χ2n) is 12.1. The van der Waals surface area contributed by atoms with Crippen molar-refractivity contribution >= 4 is 11.7 Å². The summed E-state index contributed by atoms with van der Waals surface area (Å²) in [6.07, 6.45) is -13.8. The molecular formula is C34H36F9NO2. The van der Waals surface area contributed by atoms with Gasteiger partial charge in [-0.2, -0.15) is 39.5 Å². The van der Waals surface area contributed by atoms with Crippen molar-refractivity contribution in [3.63, 3.8) is 0 Å². The van der Waals surface area contributed by atoms with Crippen LogP contribution in [0, 0.1) is 11.8 Å². The SMILES string of the molecule is COC(=O)C(CC(C)C)c1cc(-c2ccc(C(F)(F)F)cc2)cc(N(CCC(C)C)Cc2cc(C(F)(F)F)cc(C(F)(F)F)c2)c1. The highest BCUT2D eigenvalue weighted by Gasteiger charge is 2.37. The maximum Gasteiger partial charge on any atom is 0.416 e. The summed E-state index contributed by atoms with van der Waals surface area (Å²) < 4.78 is 127. The van der Waals surface area contributed by atoms with Crippen molar-refractivity contribution in [1.82, 2.24) is 0 Å². The molecule has 1 unspecified atom stereocenters. The van der Waals surface area contributed by atoms with E-state index in [1.807, 2.05) is 27.7 Å². The van der Waals surface area contributed by atoms with Crippen LogP contribution in [0.4, 0.5) is 45.2 Å². The molecule has 3 aromatic rings. The van der Waals surface area contributed by atoms with Gasteiger partial charge in [0.25, 0.3) is 0 Å². The fourth-order valence-electron chi connectivity index (χ4n) is 5.06. The molecule has 3 aromatic carbocycles. The number of anilines is 1. The lowest BCUT2D eigenvalue weighted by molar-refractivity contribution is -0.144. The van der Waals surface area contributed by atoms with Gasteiger partial charge in [0.05, 0.1) is 29.7 Å². The van der Waals surface area contributed by atoms with Gasteiger partial charge < -0.3 is 9.64 Å². The van der Waals surface area contributed by atoms with Crippen LogP contribution in [-0.4, -0.2) is 19.6 Å². The second-order valence-corrected chi connectivity index (χ2v) is 12.1. The van der Waals surface area contributed by atoms with Crippen LogP contribution in [0.2, 0.25) is 0 Å². The van der Waals surface area contributed by atoms with Gasteiger partial charge in [0.2, 0.25) is 0 Å². The van der Waals surface area contributed by atoms with Crippen molar-refractivity contribution in [1.29, 1.82) is 0 Å². The summed E-state index contributed by atoms with van der Waals surface area (Å²) >= 11 is 0. The standard InChI is InChI=1S/C34H36F9NO2/c1-20(2)10-11-44(19-22-13-27(33(38,39)40)18-28(14-22)34(41,42)43)29-16-24(23-6-8-26(9-7-23)32(35,36)37)15-25(17-29)30(12-21(3)4)31(45)46-5/h6-9,13-18,20-21,30H,10-12,19H2,1-5H3. The van der Waals surface area contributed by atoms with Gasteiger partial charge in [-0.15, -0.1) is 0 Å². The predicted molar refractivity (Wildman–Crippen MR) is 158 cm³/mol. The lowest BCUT2D eigenvalue weighted by Gasteiger charge is -2.29. The molecule has 0 N–H and O–H groups in total. The molecule has 0 saturated carbocycles. The molecule has 0 aromatic heterocycles. The lowest BCUT2D eigenvalue weighted by Crippen LogP contribution is -2.26. The molecule has 3 nitrogen and oxygen atoms in total. The molecule has 0 aliphatic heterocycles. The average Bonchev–Trinajstić information content (AvgIpc) is 2.95. The molecule has 0 bridgehead atoms. The number of rotatable bonds is 11. The number of hydrogen-bond donors (Lipinski definition) is 0. The van der Waals surface area contributed by atoms with E-state index in [1.54, 1.807) is 23.1 Å². The summed E-state index contributed by atoms with van der Waals surface area (Å²) in [7, 11) is 1.22. The van der Waals surface area contributed by atoms with Gasteiger partial charge in [-0.3, -0.25) is 4.79 Å². The first kappa shape index (κ1) is 36.8. The van der Waals surface area contributed by atoms with Crippen molar-refractivity contribution in [3.8, 4) is 11.1 Å². The lowest BCUT2D eigenvalue weighted by atomic mass is 9.87. The van der Waals surface area contributed by atoms with Gasteiger partial charge in [0, 0.05) is 18.8 Å². The van der Waals surface area contributed by atoms with Crippen LogP contribution in [0.3, 0.4) is 0 Å². The summed E-state index contributed by atoms with van der Waals surface area (Å²) in [6, 6.07) is 10.6. The van der Waals surface area contributed by atoms with Crippen molar-refractivity contribution < 1.29 is 49.0 Å². The first-order valence-corrected chi connectivity index (χ1v) is 14.6. The topological polar surface area (TPSA) is 29.5 Å². The zero-order chi connectivity index (χ0) is 34.6. The van der Waals surface area contributed by atoms with Crippen molar-refractivity contribution in [2.45, 2.75) is 71.5 Å². The van der Waals surface area contributed by atoms with E-state index in [4.69, 9.17) is 4.74 Å². The van der Waals surface area contributed by atoms with E-state index in [0.29, 0.717) is 47.4 Å². The molecule has 12 heteroatoms. The van der Waals surface area contributed by atoms with Crippen LogP contribution >= 0.6 is 0 Å². The Hall–Kier alpha value is -3.70. The molecule has 0 heterocycles. The summed E-state index contributed by atoms with van der Waals surface area (Å²) in [6.45, 7) is 7.46. The fourth-order valence-corrected chi connectivity index (χ4v) is 5.06. The highest BCUT2D eigenvalue weighted by atomic mass is 19.4. The molecule has 0 fully saturated rings. The number of alkyl halides is 9. The number of esters is 1. The minimum absolute atomic E-state index is 0.0187. The van der Waals surface area contributed by atoms with Crippen LogP contribution in [0.15, 0.2) is 60.7 Å². The molecule has 0 spiro atoms. The Bertz CT molecular complexity index is 1440. The van der Waals surface area contributed by atoms with Gasteiger partial charge in [0.15, 0.2) is 0 Å². The van der Waals surface area contributed by atoms with Gasteiger partial charge >= 0.3 is 24.5 Å². The largest absolute Gasteiger partial charge is 0.469 e. The van der Waals surface area contributed by atoms with Gasteiger partial charge in [-0.05, 0) is 89.4 Å². The van der Waals surface area contributed by atoms with E-state index >= 15 is 0 Å². The van der Waals surface area contributed by atoms with Crippen LogP contribution < -0.4 is 4.90 Å².